The van der Waals surface area contributed by atoms with Crippen molar-refractivity contribution in [3.63, 3.8) is 0 Å². The quantitative estimate of drug-likeness (QED) is 0.643. The molecule has 1 amide bonds. The number of nitrogens with zero attached hydrogens (tertiary/aromatic N) is 4. The van der Waals surface area contributed by atoms with Crippen LogP contribution in [0.15, 0.2) is 41.6 Å². The lowest BCUT2D eigenvalue weighted by molar-refractivity contribution is -0.141. The fraction of sp³-hybridized carbons (Fsp3) is 0.444. The molecule has 1 aromatic heterocycles. The van der Waals surface area contributed by atoms with Gasteiger partial charge in [0, 0.05) is 38.1 Å². The molecule has 0 aliphatic rings. The van der Waals surface area contributed by atoms with Crippen LogP contribution in [-0.2, 0) is 23.1 Å². The molecule has 0 radical (unpaired) electrons. The zero-order chi connectivity index (χ0) is 21.8. The molecule has 7 nitrogen and oxygen atoms in total. The number of carbonyl (C=O) groups is 1. The lowest BCUT2D eigenvalue weighted by atomic mass is 10.2. The number of sulfonamides is 1. The molecule has 11 heteroatoms. The molecule has 0 atom stereocenters. The maximum Gasteiger partial charge on any atom is 0.406 e. The van der Waals surface area contributed by atoms with Gasteiger partial charge in [-0.25, -0.2) is 13.4 Å². The summed E-state index contributed by atoms with van der Waals surface area (Å²) in [6.07, 6.45) is -2.10. The molecule has 0 N–H and O–H groups in total. The number of amides is 1. The zero-order valence-electron chi connectivity index (χ0n) is 16.3. The van der Waals surface area contributed by atoms with Crippen LogP contribution in [0.1, 0.15) is 30.0 Å². The number of halogens is 3. The number of alkyl halides is 3. The Morgan fingerprint density at radius 3 is 2.24 bits per heavy atom. The van der Waals surface area contributed by atoms with Crippen LogP contribution < -0.4 is 0 Å². The van der Waals surface area contributed by atoms with E-state index in [0.717, 1.165) is 15.1 Å². The summed E-state index contributed by atoms with van der Waals surface area (Å²) in [6, 6.07) is 5.47. The summed E-state index contributed by atoms with van der Waals surface area (Å²) in [5, 5.41) is 0. The van der Waals surface area contributed by atoms with Gasteiger partial charge in [0.1, 0.15) is 12.4 Å². The van der Waals surface area contributed by atoms with Crippen molar-refractivity contribution in [1.82, 2.24) is 18.8 Å². The predicted molar refractivity (Wildman–Crippen MR) is 101 cm³/mol. The third-order valence-corrected chi connectivity index (χ3v) is 6.19. The van der Waals surface area contributed by atoms with Gasteiger partial charge in [0.2, 0.25) is 10.0 Å². The van der Waals surface area contributed by atoms with Gasteiger partial charge < -0.3 is 9.47 Å². The summed E-state index contributed by atoms with van der Waals surface area (Å²) in [5.74, 6) is -0.233. The van der Waals surface area contributed by atoms with E-state index >= 15 is 0 Å². The Morgan fingerprint density at radius 2 is 1.72 bits per heavy atom. The van der Waals surface area contributed by atoms with Gasteiger partial charge in [0.15, 0.2) is 0 Å². The molecular formula is C18H23F3N4O3S. The normalized spacial score (nSPS) is 12.4. The highest BCUT2D eigenvalue weighted by atomic mass is 32.2. The van der Waals surface area contributed by atoms with E-state index in [0.29, 0.717) is 18.7 Å². The van der Waals surface area contributed by atoms with Crippen molar-refractivity contribution in [2.75, 3.05) is 20.1 Å². The molecule has 0 fully saturated rings. The number of carbonyl (C=O) groups excluding carboxylic acids is 1. The minimum Gasteiger partial charge on any atom is -0.339 e. The van der Waals surface area contributed by atoms with E-state index < -0.39 is 22.7 Å². The zero-order valence-corrected chi connectivity index (χ0v) is 17.2. The van der Waals surface area contributed by atoms with Crippen LogP contribution >= 0.6 is 0 Å². The first-order valence-corrected chi connectivity index (χ1v) is 10.4. The molecule has 0 aliphatic heterocycles. The van der Waals surface area contributed by atoms with Crippen molar-refractivity contribution in [1.29, 1.82) is 0 Å². The van der Waals surface area contributed by atoms with E-state index in [1.807, 2.05) is 13.8 Å². The summed E-state index contributed by atoms with van der Waals surface area (Å²) in [7, 11) is -2.71. The predicted octanol–water partition coefficient (Wildman–Crippen LogP) is 2.75. The minimum atomic E-state index is -4.44. The first-order chi connectivity index (χ1) is 13.5. The van der Waals surface area contributed by atoms with Crippen LogP contribution in [0.3, 0.4) is 0 Å². The lowest BCUT2D eigenvalue weighted by Gasteiger charge is -2.20. The third-order valence-electron chi connectivity index (χ3n) is 4.38. The molecule has 2 rings (SSSR count). The van der Waals surface area contributed by atoms with Crippen molar-refractivity contribution in [2.45, 2.75) is 38.0 Å². The minimum absolute atomic E-state index is 0.0262. The second kappa shape index (κ2) is 8.95. The number of rotatable bonds is 8. The number of aromatic nitrogens is 2. The van der Waals surface area contributed by atoms with Crippen LogP contribution in [0.5, 0.6) is 0 Å². The smallest absolute Gasteiger partial charge is 0.339 e. The van der Waals surface area contributed by atoms with Crippen molar-refractivity contribution in [3.8, 4) is 0 Å². The Bertz CT molecular complexity index is 936. The van der Waals surface area contributed by atoms with E-state index in [1.165, 1.54) is 37.5 Å². The van der Waals surface area contributed by atoms with Gasteiger partial charge in [-0.3, -0.25) is 4.79 Å². The summed E-state index contributed by atoms with van der Waals surface area (Å²) < 4.78 is 65.2. The van der Waals surface area contributed by atoms with Crippen LogP contribution in [0.25, 0.3) is 0 Å². The highest BCUT2D eigenvalue weighted by molar-refractivity contribution is 7.89. The summed E-state index contributed by atoms with van der Waals surface area (Å²) >= 11 is 0. The topological polar surface area (TPSA) is 75.5 Å². The summed E-state index contributed by atoms with van der Waals surface area (Å²) in [5.41, 5.74) is 0.357. The number of imidazole rings is 1. The van der Waals surface area contributed by atoms with Gasteiger partial charge in [0.05, 0.1) is 11.4 Å². The highest BCUT2D eigenvalue weighted by Crippen LogP contribution is 2.21. The van der Waals surface area contributed by atoms with Gasteiger partial charge in [-0.05, 0) is 38.1 Å². The first-order valence-electron chi connectivity index (χ1n) is 8.92. The summed E-state index contributed by atoms with van der Waals surface area (Å²) in [4.78, 5) is 17.7. The maximum absolute atomic E-state index is 12.8. The molecule has 0 spiro atoms. The molecule has 0 bridgehead atoms. The SMILES string of the molecule is CCN(CC)C(=O)c1ccc(S(=O)(=O)N(C)Cc2nccn2CC(F)(F)F)cc1. The van der Waals surface area contributed by atoms with Crippen LogP contribution in [0.2, 0.25) is 0 Å². The second-order valence-corrected chi connectivity index (χ2v) is 8.39. The maximum atomic E-state index is 12.8. The molecule has 0 saturated heterocycles. The largest absolute Gasteiger partial charge is 0.406 e. The number of hydrogen-bond acceptors (Lipinski definition) is 4. The average Bonchev–Trinajstić information content (AvgIpc) is 3.07. The standard InChI is InChI=1S/C18H23F3N4O3S/c1-4-24(5-2)17(26)14-6-8-15(9-7-14)29(27,28)23(3)12-16-22-10-11-25(16)13-18(19,20)21/h6-11H,4-5,12-13H2,1-3H3. The van der Waals surface area contributed by atoms with Gasteiger partial charge in [0.25, 0.3) is 5.91 Å². The Labute approximate surface area is 167 Å². The van der Waals surface area contributed by atoms with E-state index in [2.05, 4.69) is 4.98 Å². The van der Waals surface area contributed by atoms with E-state index in [-0.39, 0.29) is 23.2 Å². The molecule has 0 unspecified atom stereocenters. The highest BCUT2D eigenvalue weighted by Gasteiger charge is 2.30. The Balaban J connectivity index is 2.19. The molecule has 29 heavy (non-hydrogen) atoms. The van der Waals surface area contributed by atoms with Crippen LogP contribution in [-0.4, -0.2) is 59.4 Å². The van der Waals surface area contributed by atoms with Crippen molar-refractivity contribution < 1.29 is 26.4 Å². The Morgan fingerprint density at radius 1 is 1.14 bits per heavy atom. The fourth-order valence-electron chi connectivity index (χ4n) is 2.76. The van der Waals surface area contributed by atoms with E-state index in [4.69, 9.17) is 0 Å². The molecule has 2 aromatic rings. The van der Waals surface area contributed by atoms with E-state index in [9.17, 15) is 26.4 Å². The van der Waals surface area contributed by atoms with Gasteiger partial charge >= 0.3 is 6.18 Å². The van der Waals surface area contributed by atoms with Crippen LogP contribution in [0, 0.1) is 0 Å². The van der Waals surface area contributed by atoms with Gasteiger partial charge in [-0.2, -0.15) is 17.5 Å². The monoisotopic (exact) mass is 432 g/mol. The van der Waals surface area contributed by atoms with Crippen molar-refractivity contribution in [2.24, 2.45) is 0 Å². The second-order valence-electron chi connectivity index (χ2n) is 6.35. The molecule has 1 heterocycles. The lowest BCUT2D eigenvalue weighted by Crippen LogP contribution is -2.31. The Kier molecular flexibility index (Phi) is 7.06. The average molecular weight is 432 g/mol. The number of hydrogen-bond donors (Lipinski definition) is 0. The molecule has 0 aliphatic carbocycles. The molecule has 160 valence electrons. The molecular weight excluding hydrogens is 409 g/mol. The van der Waals surface area contributed by atoms with Gasteiger partial charge in [-0.1, -0.05) is 0 Å². The third kappa shape index (κ3) is 5.57. The van der Waals surface area contributed by atoms with Crippen molar-refractivity contribution in [3.05, 3.63) is 48.0 Å². The van der Waals surface area contributed by atoms with Gasteiger partial charge in [-0.15, -0.1) is 0 Å². The fourth-order valence-corrected chi connectivity index (χ4v) is 3.88. The Hall–Kier alpha value is -2.40. The number of benzene rings is 1. The van der Waals surface area contributed by atoms with Crippen molar-refractivity contribution >= 4 is 15.9 Å². The van der Waals surface area contributed by atoms with Crippen LogP contribution in [0.4, 0.5) is 13.2 Å². The molecule has 0 saturated carbocycles. The first kappa shape index (κ1) is 22.9. The molecule has 1 aromatic carbocycles. The van der Waals surface area contributed by atoms with E-state index in [1.54, 1.807) is 4.90 Å². The summed E-state index contributed by atoms with van der Waals surface area (Å²) in [6.45, 7) is 3.17.